The second-order valence-electron chi connectivity index (χ2n) is 2.71. The molecule has 0 radical (unpaired) electrons. The van der Waals surface area contributed by atoms with Gasteiger partial charge in [-0.1, -0.05) is 0 Å². The average molecular weight is 157 g/mol. The molecular formula is C8H15NO2. The van der Waals surface area contributed by atoms with Gasteiger partial charge >= 0.3 is 5.97 Å². The van der Waals surface area contributed by atoms with E-state index in [0.29, 0.717) is 6.42 Å². The van der Waals surface area contributed by atoms with Crippen LogP contribution in [0.3, 0.4) is 0 Å². The monoisotopic (exact) mass is 157 g/mol. The lowest BCUT2D eigenvalue weighted by molar-refractivity contribution is -0.139. The Balaban J connectivity index is 3.86. The molecule has 0 unspecified atom stereocenters. The van der Waals surface area contributed by atoms with Crippen molar-refractivity contribution >= 4 is 11.7 Å². The zero-order chi connectivity index (χ0) is 8.85. The van der Waals surface area contributed by atoms with Crippen molar-refractivity contribution in [2.24, 2.45) is 4.99 Å². The van der Waals surface area contributed by atoms with Gasteiger partial charge in [0.05, 0.1) is 13.5 Å². The summed E-state index contributed by atoms with van der Waals surface area (Å²) in [7, 11) is 1.38. The molecule has 0 aliphatic heterocycles. The van der Waals surface area contributed by atoms with Gasteiger partial charge in [0.15, 0.2) is 0 Å². The van der Waals surface area contributed by atoms with Gasteiger partial charge in [0.25, 0.3) is 0 Å². The minimum absolute atomic E-state index is 0.230. The van der Waals surface area contributed by atoms with Gasteiger partial charge in [0.2, 0.25) is 0 Å². The molecule has 0 aliphatic rings. The van der Waals surface area contributed by atoms with Crippen molar-refractivity contribution in [3.05, 3.63) is 0 Å². The van der Waals surface area contributed by atoms with Crippen molar-refractivity contribution in [2.75, 3.05) is 7.11 Å². The van der Waals surface area contributed by atoms with Crippen LogP contribution < -0.4 is 0 Å². The summed E-state index contributed by atoms with van der Waals surface area (Å²) in [6.45, 7) is 5.78. The number of ether oxygens (including phenoxy) is 1. The van der Waals surface area contributed by atoms with Crippen molar-refractivity contribution in [1.29, 1.82) is 0 Å². The molecule has 0 atom stereocenters. The molecule has 0 N–H and O–H groups in total. The van der Waals surface area contributed by atoms with Crippen LogP contribution in [-0.4, -0.2) is 24.8 Å². The first-order chi connectivity index (χ1) is 5.06. The van der Waals surface area contributed by atoms with Crippen molar-refractivity contribution in [2.45, 2.75) is 33.2 Å². The number of carbonyl (C=O) groups is 1. The molecule has 0 bridgehead atoms. The first-order valence-electron chi connectivity index (χ1n) is 3.66. The number of esters is 1. The molecule has 3 nitrogen and oxygen atoms in total. The van der Waals surface area contributed by atoms with E-state index < -0.39 is 0 Å². The van der Waals surface area contributed by atoms with E-state index in [4.69, 9.17) is 0 Å². The Bertz CT molecular complexity index is 161. The fourth-order valence-corrected chi connectivity index (χ4v) is 0.767. The molecule has 0 heterocycles. The third-order valence-corrected chi connectivity index (χ3v) is 1.11. The third-order valence-electron chi connectivity index (χ3n) is 1.11. The first-order valence-corrected chi connectivity index (χ1v) is 3.66. The van der Waals surface area contributed by atoms with Gasteiger partial charge in [0, 0.05) is 11.8 Å². The molecule has 0 spiro atoms. The highest BCUT2D eigenvalue weighted by Gasteiger charge is 2.02. The van der Waals surface area contributed by atoms with E-state index in [1.54, 1.807) is 0 Å². The Hall–Kier alpha value is -0.860. The van der Waals surface area contributed by atoms with Crippen LogP contribution in [0.25, 0.3) is 0 Å². The number of methoxy groups -OCH3 is 1. The summed E-state index contributed by atoms with van der Waals surface area (Å²) < 4.78 is 4.48. The highest BCUT2D eigenvalue weighted by molar-refractivity contribution is 5.97. The molecule has 0 amide bonds. The van der Waals surface area contributed by atoms with Gasteiger partial charge in [0.1, 0.15) is 0 Å². The lowest BCUT2D eigenvalue weighted by Crippen LogP contribution is -2.08. The number of nitrogens with zero attached hydrogens (tertiary/aromatic N) is 1. The van der Waals surface area contributed by atoms with E-state index >= 15 is 0 Å². The van der Waals surface area contributed by atoms with E-state index in [9.17, 15) is 4.79 Å². The predicted molar refractivity (Wildman–Crippen MR) is 44.9 cm³/mol. The minimum atomic E-state index is -0.230. The Labute approximate surface area is 67.5 Å². The molecular weight excluding hydrogens is 142 g/mol. The van der Waals surface area contributed by atoms with Gasteiger partial charge < -0.3 is 4.74 Å². The van der Waals surface area contributed by atoms with Crippen molar-refractivity contribution in [3.8, 4) is 0 Å². The summed E-state index contributed by atoms with van der Waals surface area (Å²) in [5.41, 5.74) is 0.826. The molecule has 0 saturated heterocycles. The van der Waals surface area contributed by atoms with Crippen molar-refractivity contribution < 1.29 is 9.53 Å². The molecule has 0 aromatic rings. The number of hydrogen-bond acceptors (Lipinski definition) is 3. The number of carbonyl (C=O) groups excluding carboxylic acids is 1. The summed E-state index contributed by atoms with van der Waals surface area (Å²) in [5, 5.41) is 0. The topological polar surface area (TPSA) is 38.7 Å². The highest BCUT2D eigenvalue weighted by atomic mass is 16.5. The minimum Gasteiger partial charge on any atom is -0.469 e. The molecule has 0 fully saturated rings. The van der Waals surface area contributed by atoms with Crippen LogP contribution in [0.5, 0.6) is 0 Å². The third kappa shape index (κ3) is 5.58. The Morgan fingerprint density at radius 2 is 2.09 bits per heavy atom. The Morgan fingerprint density at radius 3 is 2.45 bits per heavy atom. The van der Waals surface area contributed by atoms with Gasteiger partial charge in [-0.15, -0.1) is 0 Å². The van der Waals surface area contributed by atoms with Crippen LogP contribution >= 0.6 is 0 Å². The van der Waals surface area contributed by atoms with Crippen molar-refractivity contribution in [1.82, 2.24) is 0 Å². The van der Waals surface area contributed by atoms with E-state index in [-0.39, 0.29) is 12.0 Å². The number of rotatable bonds is 3. The molecule has 0 aromatic heterocycles. The summed E-state index contributed by atoms with van der Waals surface area (Å²) >= 11 is 0. The van der Waals surface area contributed by atoms with Crippen molar-refractivity contribution in [3.63, 3.8) is 0 Å². The summed E-state index contributed by atoms with van der Waals surface area (Å²) in [4.78, 5) is 14.9. The Kier molecular flexibility index (Phi) is 4.50. The van der Waals surface area contributed by atoms with E-state index in [1.165, 1.54) is 7.11 Å². The maximum absolute atomic E-state index is 10.7. The second-order valence-corrected chi connectivity index (χ2v) is 2.71. The second kappa shape index (κ2) is 4.88. The molecule has 0 saturated carbocycles. The molecule has 11 heavy (non-hydrogen) atoms. The number of hydrogen-bond donors (Lipinski definition) is 0. The molecule has 0 aromatic carbocycles. The number of aliphatic imine (C=N–C) groups is 1. The van der Waals surface area contributed by atoms with Crippen LogP contribution in [0, 0.1) is 0 Å². The largest absolute Gasteiger partial charge is 0.469 e. The van der Waals surface area contributed by atoms with E-state index in [0.717, 1.165) is 5.71 Å². The molecule has 0 rings (SSSR count). The zero-order valence-electron chi connectivity index (χ0n) is 7.55. The molecule has 3 heteroatoms. The van der Waals surface area contributed by atoms with Crippen LogP contribution in [0.15, 0.2) is 4.99 Å². The molecule has 0 aliphatic carbocycles. The molecule has 64 valence electrons. The quantitative estimate of drug-likeness (QED) is 0.459. The maximum atomic E-state index is 10.7. The van der Waals surface area contributed by atoms with Crippen LogP contribution in [0.4, 0.5) is 0 Å². The van der Waals surface area contributed by atoms with Crippen LogP contribution in [0.1, 0.15) is 27.2 Å². The normalized spacial score (nSPS) is 11.9. The van der Waals surface area contributed by atoms with Crippen LogP contribution in [0.2, 0.25) is 0 Å². The van der Waals surface area contributed by atoms with Crippen LogP contribution in [-0.2, 0) is 9.53 Å². The first kappa shape index (κ1) is 10.1. The summed E-state index contributed by atoms with van der Waals surface area (Å²) in [6, 6.07) is 0.250. The maximum Gasteiger partial charge on any atom is 0.311 e. The Morgan fingerprint density at radius 1 is 1.55 bits per heavy atom. The van der Waals surface area contributed by atoms with Gasteiger partial charge in [-0.05, 0) is 20.8 Å². The predicted octanol–water partition coefficient (Wildman–Crippen LogP) is 1.42. The average Bonchev–Trinajstić information content (AvgIpc) is 1.85. The summed E-state index contributed by atoms with van der Waals surface area (Å²) in [6.07, 6.45) is 0.300. The summed E-state index contributed by atoms with van der Waals surface area (Å²) in [5.74, 6) is -0.230. The van der Waals surface area contributed by atoms with Gasteiger partial charge in [-0.2, -0.15) is 0 Å². The lowest BCUT2D eigenvalue weighted by atomic mass is 10.3. The standard InChI is InChI=1S/C8H15NO2/c1-6(2)9-7(3)5-8(10)11-4/h6H,5H2,1-4H3/b9-7+. The van der Waals surface area contributed by atoms with E-state index in [1.807, 2.05) is 20.8 Å². The fraction of sp³-hybridized carbons (Fsp3) is 0.750. The lowest BCUT2D eigenvalue weighted by Gasteiger charge is -2.01. The van der Waals surface area contributed by atoms with Gasteiger partial charge in [-0.3, -0.25) is 9.79 Å². The van der Waals surface area contributed by atoms with Gasteiger partial charge in [-0.25, -0.2) is 0 Å². The SMILES string of the molecule is COC(=O)C/C(C)=N/C(C)C. The smallest absolute Gasteiger partial charge is 0.311 e. The van der Waals surface area contributed by atoms with E-state index in [2.05, 4.69) is 9.73 Å². The fourth-order valence-electron chi connectivity index (χ4n) is 0.767. The zero-order valence-corrected chi connectivity index (χ0v) is 7.55. The highest BCUT2D eigenvalue weighted by Crippen LogP contribution is 1.93.